The van der Waals surface area contributed by atoms with Crippen LogP contribution in [-0.4, -0.2) is 76.9 Å². The molecule has 3 rings (SSSR count). The van der Waals surface area contributed by atoms with E-state index in [0.29, 0.717) is 49.7 Å². The number of fused-ring (bicyclic) bond motifs is 1. The van der Waals surface area contributed by atoms with E-state index in [2.05, 4.69) is 15.5 Å². The number of alkyl halides is 2. The standard InChI is InChI=1S/C33H45Cl2FN6O4/c1-5-46-33(45)28(19-22-6-8-23(36)9-7-22)40-32(44)27(18-21(2)3)39-31(43)25(37)11-13-30-38-26-20-24(10-12-29(26)41(30)4)42(16-14-34)17-15-35/h6-10,12,20-21,25,27-28H,5,11,13-19,37H2,1-4H3,(H,39,43)(H,40,44). The molecule has 2 aromatic carbocycles. The van der Waals surface area contributed by atoms with Gasteiger partial charge >= 0.3 is 5.97 Å². The molecular weight excluding hydrogens is 634 g/mol. The normalized spacial score (nSPS) is 13.3. The number of anilines is 1. The molecule has 1 heterocycles. The summed E-state index contributed by atoms with van der Waals surface area (Å²) in [4.78, 5) is 46.2. The zero-order valence-electron chi connectivity index (χ0n) is 26.9. The lowest BCUT2D eigenvalue weighted by molar-refractivity contribution is -0.147. The molecule has 252 valence electrons. The van der Waals surface area contributed by atoms with Crippen LogP contribution in [0.2, 0.25) is 0 Å². The van der Waals surface area contributed by atoms with Crippen LogP contribution < -0.4 is 21.3 Å². The molecule has 0 saturated carbocycles. The summed E-state index contributed by atoms with van der Waals surface area (Å²) in [5.41, 5.74) is 9.69. The van der Waals surface area contributed by atoms with Gasteiger partial charge in [0.1, 0.15) is 23.7 Å². The lowest BCUT2D eigenvalue weighted by atomic mass is 10.0. The quantitative estimate of drug-likeness (QED) is 0.137. The number of nitrogens with two attached hydrogens (primary N) is 1. The number of halogens is 3. The third-order valence-corrected chi connectivity index (χ3v) is 7.97. The third-order valence-electron chi connectivity index (χ3n) is 7.63. The largest absolute Gasteiger partial charge is 0.464 e. The lowest BCUT2D eigenvalue weighted by Crippen LogP contribution is -2.55. The minimum Gasteiger partial charge on any atom is -0.464 e. The van der Waals surface area contributed by atoms with E-state index in [-0.39, 0.29) is 18.9 Å². The molecule has 4 N–H and O–H groups in total. The highest BCUT2D eigenvalue weighted by atomic mass is 35.5. The second-order valence-corrected chi connectivity index (χ2v) is 12.4. The topological polar surface area (TPSA) is 132 Å². The summed E-state index contributed by atoms with van der Waals surface area (Å²) in [6.07, 6.45) is 1.16. The number of nitrogens with zero attached hydrogens (tertiary/aromatic N) is 3. The molecule has 46 heavy (non-hydrogen) atoms. The number of carbonyl (C=O) groups is 3. The number of aromatic nitrogens is 2. The number of benzene rings is 2. The van der Waals surface area contributed by atoms with Gasteiger partial charge in [0.2, 0.25) is 11.8 Å². The summed E-state index contributed by atoms with van der Waals surface area (Å²) >= 11 is 12.0. The Kier molecular flexibility index (Phi) is 14.5. The number of nitrogens with one attached hydrogen (secondary N) is 2. The number of hydrogen-bond acceptors (Lipinski definition) is 7. The fourth-order valence-electron chi connectivity index (χ4n) is 5.19. The van der Waals surface area contributed by atoms with E-state index in [0.717, 1.165) is 22.5 Å². The van der Waals surface area contributed by atoms with E-state index in [4.69, 9.17) is 38.7 Å². The molecule has 0 saturated heterocycles. The Morgan fingerprint density at radius 3 is 2.28 bits per heavy atom. The Balaban J connectivity index is 1.68. The van der Waals surface area contributed by atoms with E-state index in [1.165, 1.54) is 12.1 Å². The number of aryl methyl sites for hydroxylation is 2. The number of amides is 2. The van der Waals surface area contributed by atoms with Gasteiger partial charge in [0.05, 0.1) is 23.7 Å². The highest BCUT2D eigenvalue weighted by Gasteiger charge is 2.29. The van der Waals surface area contributed by atoms with Gasteiger partial charge in [0.15, 0.2) is 0 Å². The molecule has 10 nitrogen and oxygen atoms in total. The Morgan fingerprint density at radius 2 is 1.67 bits per heavy atom. The maximum atomic E-state index is 13.4. The Bertz CT molecular complexity index is 1450. The van der Waals surface area contributed by atoms with Gasteiger partial charge in [-0.25, -0.2) is 14.2 Å². The molecule has 0 aliphatic heterocycles. The Morgan fingerprint density at radius 1 is 1.02 bits per heavy atom. The molecule has 0 aliphatic rings. The predicted molar refractivity (Wildman–Crippen MR) is 181 cm³/mol. The van der Waals surface area contributed by atoms with Crippen molar-refractivity contribution in [3.63, 3.8) is 0 Å². The van der Waals surface area contributed by atoms with Crippen LogP contribution in [0.4, 0.5) is 10.1 Å². The first-order chi connectivity index (χ1) is 22.0. The van der Waals surface area contributed by atoms with Crippen LogP contribution in [0.25, 0.3) is 11.0 Å². The third kappa shape index (κ3) is 10.6. The number of ether oxygens (including phenoxy) is 1. The maximum absolute atomic E-state index is 13.4. The van der Waals surface area contributed by atoms with Crippen molar-refractivity contribution in [3.8, 4) is 0 Å². The van der Waals surface area contributed by atoms with Crippen molar-refractivity contribution in [1.29, 1.82) is 0 Å². The molecule has 1 aromatic heterocycles. The molecule has 3 atom stereocenters. The first-order valence-corrected chi connectivity index (χ1v) is 16.6. The van der Waals surface area contributed by atoms with E-state index in [1.54, 1.807) is 19.1 Å². The number of hydrogen-bond donors (Lipinski definition) is 3. The van der Waals surface area contributed by atoms with Crippen molar-refractivity contribution in [1.82, 2.24) is 20.2 Å². The molecule has 0 aliphatic carbocycles. The zero-order valence-corrected chi connectivity index (χ0v) is 28.4. The highest BCUT2D eigenvalue weighted by molar-refractivity contribution is 6.18. The van der Waals surface area contributed by atoms with Crippen molar-refractivity contribution in [2.75, 3.05) is 36.4 Å². The van der Waals surface area contributed by atoms with Crippen LogP contribution in [0.3, 0.4) is 0 Å². The fraction of sp³-hybridized carbons (Fsp3) is 0.515. The average molecular weight is 680 g/mol. The molecule has 3 unspecified atom stereocenters. The second kappa shape index (κ2) is 18.1. The fourth-order valence-corrected chi connectivity index (χ4v) is 5.60. The van der Waals surface area contributed by atoms with Gasteiger partial charge in [-0.1, -0.05) is 26.0 Å². The molecule has 0 bridgehead atoms. The molecule has 0 radical (unpaired) electrons. The van der Waals surface area contributed by atoms with Crippen molar-refractivity contribution >= 4 is 57.7 Å². The summed E-state index contributed by atoms with van der Waals surface area (Å²) < 4.78 is 20.6. The van der Waals surface area contributed by atoms with Gasteiger partial charge in [-0.05, 0) is 61.6 Å². The molecule has 0 fully saturated rings. The number of esters is 1. The van der Waals surface area contributed by atoms with E-state index in [9.17, 15) is 18.8 Å². The first kappa shape index (κ1) is 37.1. The Hall–Kier alpha value is -3.41. The first-order valence-electron chi connectivity index (χ1n) is 15.6. The molecule has 3 aromatic rings. The van der Waals surface area contributed by atoms with E-state index < -0.39 is 41.7 Å². The van der Waals surface area contributed by atoms with Crippen LogP contribution in [0, 0.1) is 11.7 Å². The Labute approximate surface area is 280 Å². The summed E-state index contributed by atoms with van der Waals surface area (Å²) in [6, 6.07) is 8.81. The predicted octanol–water partition coefficient (Wildman–Crippen LogP) is 4.08. The van der Waals surface area contributed by atoms with Gasteiger partial charge in [0.25, 0.3) is 0 Å². The van der Waals surface area contributed by atoms with Crippen molar-refractivity contribution < 1.29 is 23.5 Å². The number of rotatable bonds is 18. The second-order valence-electron chi connectivity index (χ2n) is 11.6. The van der Waals surface area contributed by atoms with Crippen LogP contribution in [-0.2, 0) is 39.0 Å². The summed E-state index contributed by atoms with van der Waals surface area (Å²) in [7, 11) is 1.92. The number of imidazole rings is 1. The minimum atomic E-state index is -1.02. The molecule has 0 spiro atoms. The van der Waals surface area contributed by atoms with Gasteiger partial charge in [-0.15, -0.1) is 23.2 Å². The van der Waals surface area contributed by atoms with Crippen molar-refractivity contribution in [2.45, 2.75) is 64.6 Å². The van der Waals surface area contributed by atoms with Crippen molar-refractivity contribution in [3.05, 3.63) is 59.7 Å². The van der Waals surface area contributed by atoms with Gasteiger partial charge in [0, 0.05) is 50.4 Å². The summed E-state index contributed by atoms with van der Waals surface area (Å²) in [6.45, 7) is 6.98. The van der Waals surface area contributed by atoms with E-state index in [1.807, 2.05) is 43.7 Å². The van der Waals surface area contributed by atoms with Crippen LogP contribution >= 0.6 is 23.2 Å². The maximum Gasteiger partial charge on any atom is 0.328 e. The monoisotopic (exact) mass is 678 g/mol. The minimum absolute atomic E-state index is 0.0557. The van der Waals surface area contributed by atoms with Crippen LogP contribution in [0.1, 0.15) is 45.0 Å². The van der Waals surface area contributed by atoms with Crippen molar-refractivity contribution in [2.24, 2.45) is 18.7 Å². The van der Waals surface area contributed by atoms with Gasteiger partial charge in [-0.3, -0.25) is 9.59 Å². The average Bonchev–Trinajstić information content (AvgIpc) is 3.34. The zero-order chi connectivity index (χ0) is 33.8. The molecule has 13 heteroatoms. The SMILES string of the molecule is CCOC(=O)C(Cc1ccc(F)cc1)NC(=O)C(CC(C)C)NC(=O)C(N)CCc1nc2cc(N(CCCl)CCCl)ccc2n1C. The lowest BCUT2D eigenvalue weighted by Gasteiger charge is -2.25. The van der Waals surface area contributed by atoms with E-state index >= 15 is 0 Å². The highest BCUT2D eigenvalue weighted by Crippen LogP contribution is 2.23. The van der Waals surface area contributed by atoms with Gasteiger partial charge < -0.3 is 30.6 Å². The molecular formula is C33H45Cl2FN6O4. The van der Waals surface area contributed by atoms with Gasteiger partial charge in [-0.2, -0.15) is 0 Å². The summed E-state index contributed by atoms with van der Waals surface area (Å²) in [5.74, 6) is -0.259. The number of carbonyl (C=O) groups excluding carboxylic acids is 3. The smallest absolute Gasteiger partial charge is 0.328 e. The van der Waals surface area contributed by atoms with Crippen LogP contribution in [0.5, 0.6) is 0 Å². The summed E-state index contributed by atoms with van der Waals surface area (Å²) in [5, 5.41) is 5.51. The molecule has 2 amide bonds. The van der Waals surface area contributed by atoms with Crippen LogP contribution in [0.15, 0.2) is 42.5 Å².